The Balaban J connectivity index is 1.38. The van der Waals surface area contributed by atoms with Crippen molar-refractivity contribution < 1.29 is 24.1 Å². The number of carbonyl (C=O) groups excluding carboxylic acids is 1. The summed E-state index contributed by atoms with van der Waals surface area (Å²) in [7, 11) is 1.64. The van der Waals surface area contributed by atoms with Crippen LogP contribution in [0, 0.1) is 13.8 Å². The van der Waals surface area contributed by atoms with Gasteiger partial charge in [-0.3, -0.25) is 14.4 Å². The van der Waals surface area contributed by atoms with Gasteiger partial charge in [-0.05, 0) is 49.2 Å². The van der Waals surface area contributed by atoms with Crippen LogP contribution in [0.2, 0.25) is 0 Å². The number of aryl methyl sites for hydroxylation is 3. The summed E-state index contributed by atoms with van der Waals surface area (Å²) in [4.78, 5) is 16.1. The molecular weight excluding hydrogens is 496 g/mol. The molecule has 0 bridgehead atoms. The Morgan fingerprint density at radius 1 is 1.03 bits per heavy atom. The van der Waals surface area contributed by atoms with Crippen molar-refractivity contribution in [2.45, 2.75) is 45.9 Å². The van der Waals surface area contributed by atoms with Gasteiger partial charge in [0.25, 0.3) is 0 Å². The number of methoxy groups -OCH3 is 1. The molecule has 39 heavy (non-hydrogen) atoms. The molecule has 1 atom stereocenters. The minimum absolute atomic E-state index is 0.0588. The normalized spacial score (nSPS) is 18.0. The number of nitrogens with zero attached hydrogens (tertiary/aromatic N) is 4. The molecule has 1 aromatic heterocycles. The SMILES string of the molecule is COc1cc(CN2CCN(C(C)=O)C[C@](O)(COc3ccc(C)cc3)C2)ccc1OCCCn1cc(C)cn1. The number of rotatable bonds is 11. The minimum Gasteiger partial charge on any atom is -0.493 e. The molecule has 9 nitrogen and oxygen atoms in total. The highest BCUT2D eigenvalue weighted by Crippen LogP contribution is 2.29. The van der Waals surface area contributed by atoms with Gasteiger partial charge in [0.1, 0.15) is 18.0 Å². The number of benzene rings is 2. The zero-order chi connectivity index (χ0) is 27.8. The molecule has 3 aromatic rings. The van der Waals surface area contributed by atoms with Crippen molar-refractivity contribution in [3.8, 4) is 17.2 Å². The Hall–Kier alpha value is -3.56. The number of ether oxygens (including phenoxy) is 3. The van der Waals surface area contributed by atoms with E-state index in [2.05, 4.69) is 10.00 Å². The van der Waals surface area contributed by atoms with Gasteiger partial charge in [0.15, 0.2) is 11.5 Å². The van der Waals surface area contributed by atoms with Gasteiger partial charge in [-0.25, -0.2) is 0 Å². The highest BCUT2D eigenvalue weighted by molar-refractivity contribution is 5.73. The first-order chi connectivity index (χ1) is 18.7. The first kappa shape index (κ1) is 28.4. The standard InChI is InChI=1S/C30H40N4O5/c1-23-6-9-27(10-7-23)39-22-30(36)20-32(13-14-33(21-30)25(3)35)19-26-8-11-28(29(16-26)37-4)38-15-5-12-34-18-24(2)17-31-34/h6-11,16-18,36H,5,12-15,19-22H2,1-4H3/t30-/m0/s1. The van der Waals surface area contributed by atoms with E-state index < -0.39 is 5.60 Å². The first-order valence-corrected chi connectivity index (χ1v) is 13.4. The second-order valence-corrected chi connectivity index (χ2v) is 10.4. The zero-order valence-electron chi connectivity index (χ0n) is 23.4. The summed E-state index contributed by atoms with van der Waals surface area (Å²) in [6.45, 7) is 9.37. The third kappa shape index (κ3) is 8.21. The molecule has 0 radical (unpaired) electrons. The lowest BCUT2D eigenvalue weighted by atomic mass is 10.0. The van der Waals surface area contributed by atoms with Crippen molar-refractivity contribution in [3.05, 3.63) is 71.5 Å². The minimum atomic E-state index is -1.21. The van der Waals surface area contributed by atoms with Crippen LogP contribution in [0.5, 0.6) is 17.2 Å². The van der Waals surface area contributed by atoms with Gasteiger partial charge in [-0.15, -0.1) is 0 Å². The van der Waals surface area contributed by atoms with Gasteiger partial charge in [0, 0.05) is 52.3 Å². The predicted molar refractivity (Wildman–Crippen MR) is 149 cm³/mol. The molecule has 0 spiro atoms. The van der Waals surface area contributed by atoms with Gasteiger partial charge in [0.2, 0.25) is 5.91 Å². The lowest BCUT2D eigenvalue weighted by molar-refractivity contribution is -0.132. The number of β-amino-alcohol motifs (C(OH)–C–C–N with tert-alkyl or cyclic N) is 1. The van der Waals surface area contributed by atoms with Gasteiger partial charge in [0.05, 0.1) is 26.5 Å². The Bertz CT molecular complexity index is 1230. The number of amides is 1. The maximum absolute atomic E-state index is 12.2. The van der Waals surface area contributed by atoms with Crippen molar-refractivity contribution in [2.24, 2.45) is 0 Å². The third-order valence-electron chi connectivity index (χ3n) is 6.85. The quantitative estimate of drug-likeness (QED) is 0.376. The fourth-order valence-electron chi connectivity index (χ4n) is 4.77. The van der Waals surface area contributed by atoms with Crippen LogP contribution in [-0.2, 0) is 17.9 Å². The lowest BCUT2D eigenvalue weighted by Gasteiger charge is -2.32. The Morgan fingerprint density at radius 2 is 1.82 bits per heavy atom. The number of carbonyl (C=O) groups is 1. The Labute approximate surface area is 230 Å². The summed E-state index contributed by atoms with van der Waals surface area (Å²) < 4.78 is 19.5. The van der Waals surface area contributed by atoms with Gasteiger partial charge in [-0.2, -0.15) is 5.10 Å². The van der Waals surface area contributed by atoms with E-state index in [1.54, 1.807) is 12.0 Å². The number of aliphatic hydroxyl groups is 1. The first-order valence-electron chi connectivity index (χ1n) is 13.4. The Kier molecular flexibility index (Phi) is 9.48. The van der Waals surface area contributed by atoms with Gasteiger partial charge >= 0.3 is 0 Å². The van der Waals surface area contributed by atoms with Crippen LogP contribution in [0.25, 0.3) is 0 Å². The molecular formula is C30H40N4O5. The second kappa shape index (κ2) is 13.0. The number of aromatic nitrogens is 2. The molecule has 2 aromatic carbocycles. The number of hydrogen-bond acceptors (Lipinski definition) is 7. The van der Waals surface area contributed by atoms with Crippen molar-refractivity contribution in [2.75, 3.05) is 46.5 Å². The molecule has 0 saturated carbocycles. The molecule has 1 fully saturated rings. The molecule has 1 aliphatic heterocycles. The summed E-state index contributed by atoms with van der Waals surface area (Å²) in [5.74, 6) is 2.00. The van der Waals surface area contributed by atoms with E-state index in [4.69, 9.17) is 14.2 Å². The van der Waals surface area contributed by atoms with Crippen LogP contribution in [0.3, 0.4) is 0 Å². The second-order valence-electron chi connectivity index (χ2n) is 10.4. The van der Waals surface area contributed by atoms with Crippen LogP contribution in [0.1, 0.15) is 30.0 Å². The topological polar surface area (TPSA) is 89.3 Å². The van der Waals surface area contributed by atoms with Crippen molar-refractivity contribution >= 4 is 5.91 Å². The predicted octanol–water partition coefficient (Wildman–Crippen LogP) is 3.45. The van der Waals surface area contributed by atoms with Crippen LogP contribution in [0.4, 0.5) is 0 Å². The van der Waals surface area contributed by atoms with E-state index in [0.717, 1.165) is 29.7 Å². The molecule has 210 valence electrons. The van der Waals surface area contributed by atoms with Crippen molar-refractivity contribution in [3.63, 3.8) is 0 Å². The van der Waals surface area contributed by atoms with Gasteiger partial charge in [-0.1, -0.05) is 23.8 Å². The van der Waals surface area contributed by atoms with Crippen LogP contribution in [-0.4, -0.2) is 82.7 Å². The largest absolute Gasteiger partial charge is 0.493 e. The van der Waals surface area contributed by atoms with Crippen molar-refractivity contribution in [1.82, 2.24) is 19.6 Å². The zero-order valence-corrected chi connectivity index (χ0v) is 23.4. The summed E-state index contributed by atoms with van der Waals surface area (Å²) in [5, 5.41) is 15.9. The van der Waals surface area contributed by atoms with Gasteiger partial charge < -0.3 is 24.2 Å². The maximum Gasteiger partial charge on any atom is 0.219 e. The average molecular weight is 537 g/mol. The average Bonchev–Trinajstić information content (AvgIpc) is 3.25. The molecule has 1 amide bonds. The van der Waals surface area contributed by atoms with E-state index in [1.165, 1.54) is 6.92 Å². The summed E-state index contributed by atoms with van der Waals surface area (Å²) >= 11 is 0. The van der Waals surface area contributed by atoms with Crippen LogP contribution < -0.4 is 14.2 Å². The third-order valence-corrected chi connectivity index (χ3v) is 6.85. The molecule has 9 heteroatoms. The summed E-state index contributed by atoms with van der Waals surface area (Å²) in [6, 6.07) is 13.7. The van der Waals surface area contributed by atoms with Crippen LogP contribution >= 0.6 is 0 Å². The fraction of sp³-hybridized carbons (Fsp3) is 0.467. The number of hydrogen-bond donors (Lipinski definition) is 1. The monoisotopic (exact) mass is 536 g/mol. The Morgan fingerprint density at radius 3 is 2.51 bits per heavy atom. The maximum atomic E-state index is 12.2. The summed E-state index contributed by atoms with van der Waals surface area (Å²) in [5.41, 5.74) is 2.10. The highest BCUT2D eigenvalue weighted by Gasteiger charge is 2.37. The van der Waals surface area contributed by atoms with E-state index in [1.807, 2.05) is 73.4 Å². The van der Waals surface area contributed by atoms with Crippen molar-refractivity contribution in [1.29, 1.82) is 0 Å². The molecule has 4 rings (SSSR count). The molecule has 1 N–H and O–H groups in total. The molecule has 1 saturated heterocycles. The fourth-order valence-corrected chi connectivity index (χ4v) is 4.77. The smallest absolute Gasteiger partial charge is 0.219 e. The van der Waals surface area contributed by atoms with E-state index >= 15 is 0 Å². The lowest BCUT2D eigenvalue weighted by Crippen LogP contribution is -2.51. The van der Waals surface area contributed by atoms with E-state index in [9.17, 15) is 9.90 Å². The highest BCUT2D eigenvalue weighted by atomic mass is 16.5. The summed E-state index contributed by atoms with van der Waals surface area (Å²) in [6.07, 6.45) is 4.70. The van der Waals surface area contributed by atoms with E-state index in [0.29, 0.717) is 50.0 Å². The molecule has 2 heterocycles. The molecule has 0 unspecified atom stereocenters. The molecule has 0 aliphatic carbocycles. The van der Waals surface area contributed by atoms with E-state index in [-0.39, 0.29) is 19.1 Å². The van der Waals surface area contributed by atoms with Crippen LogP contribution in [0.15, 0.2) is 54.9 Å². The molecule has 1 aliphatic rings.